The van der Waals surface area contributed by atoms with Crippen LogP contribution in [-0.2, 0) is 12.6 Å². The second-order valence-electron chi connectivity index (χ2n) is 2.48. The highest BCUT2D eigenvalue weighted by atomic mass is 127. The van der Waals surface area contributed by atoms with Crippen molar-refractivity contribution in [2.45, 2.75) is 19.5 Å². The van der Waals surface area contributed by atoms with Crippen LogP contribution in [0.3, 0.4) is 0 Å². The van der Waals surface area contributed by atoms with Gasteiger partial charge < -0.3 is 0 Å². The van der Waals surface area contributed by atoms with Gasteiger partial charge in [0.2, 0.25) is 0 Å². The lowest BCUT2D eigenvalue weighted by molar-refractivity contribution is -0.138. The van der Waals surface area contributed by atoms with E-state index in [9.17, 15) is 13.2 Å². The van der Waals surface area contributed by atoms with E-state index in [0.717, 1.165) is 6.07 Å². The molecule has 0 fully saturated rings. The van der Waals surface area contributed by atoms with Crippen LogP contribution in [0.4, 0.5) is 13.2 Å². The molecule has 0 saturated heterocycles. The van der Waals surface area contributed by atoms with Crippen molar-refractivity contribution < 1.29 is 13.2 Å². The van der Waals surface area contributed by atoms with E-state index < -0.39 is 11.7 Å². The van der Waals surface area contributed by atoms with Gasteiger partial charge in [0, 0.05) is 6.20 Å². The lowest BCUT2D eigenvalue weighted by atomic mass is 10.1. The van der Waals surface area contributed by atoms with E-state index in [-0.39, 0.29) is 5.56 Å². The van der Waals surface area contributed by atoms with Crippen molar-refractivity contribution in [2.75, 3.05) is 0 Å². The third-order valence-corrected chi connectivity index (χ3v) is 2.59. The molecule has 0 bridgehead atoms. The third-order valence-electron chi connectivity index (χ3n) is 1.66. The van der Waals surface area contributed by atoms with Gasteiger partial charge in [-0.25, -0.2) is 0 Å². The summed E-state index contributed by atoms with van der Waals surface area (Å²) in [5.74, 6) is 0. The molecule has 13 heavy (non-hydrogen) atoms. The molecule has 0 aliphatic heterocycles. The van der Waals surface area contributed by atoms with Crippen LogP contribution in [0, 0.1) is 3.70 Å². The smallest absolute Gasteiger partial charge is 0.250 e. The van der Waals surface area contributed by atoms with Crippen LogP contribution in [0.15, 0.2) is 12.3 Å². The van der Waals surface area contributed by atoms with Crippen LogP contribution in [0.5, 0.6) is 0 Å². The van der Waals surface area contributed by atoms with Crippen molar-refractivity contribution in [3.63, 3.8) is 0 Å². The molecule has 1 heterocycles. The van der Waals surface area contributed by atoms with Gasteiger partial charge in [0.1, 0.15) is 3.70 Å². The Morgan fingerprint density at radius 1 is 1.46 bits per heavy atom. The molecule has 1 nitrogen and oxygen atoms in total. The van der Waals surface area contributed by atoms with Gasteiger partial charge in [-0.3, -0.25) is 4.98 Å². The van der Waals surface area contributed by atoms with Crippen molar-refractivity contribution in [2.24, 2.45) is 0 Å². The minimum absolute atomic E-state index is 0.274. The van der Waals surface area contributed by atoms with Crippen molar-refractivity contribution in [3.05, 3.63) is 27.1 Å². The molecule has 72 valence electrons. The Bertz CT molecular complexity index is 309. The molecule has 0 spiro atoms. The minimum atomic E-state index is -4.27. The molecular formula is C8H7F3IN. The molecule has 0 aliphatic rings. The second kappa shape index (κ2) is 3.81. The summed E-state index contributed by atoms with van der Waals surface area (Å²) in [5, 5.41) is 0. The van der Waals surface area contributed by atoms with Crippen molar-refractivity contribution >= 4 is 22.6 Å². The number of hydrogen-bond acceptors (Lipinski definition) is 1. The molecule has 5 heteroatoms. The van der Waals surface area contributed by atoms with E-state index in [1.807, 2.05) is 22.6 Å². The van der Waals surface area contributed by atoms with Gasteiger partial charge in [0.15, 0.2) is 0 Å². The number of aromatic nitrogens is 1. The molecule has 1 aromatic rings. The molecule has 0 aromatic carbocycles. The third kappa shape index (κ3) is 2.32. The van der Waals surface area contributed by atoms with Gasteiger partial charge in [0.25, 0.3) is 0 Å². The Morgan fingerprint density at radius 3 is 2.46 bits per heavy atom. The molecule has 0 aliphatic carbocycles. The van der Waals surface area contributed by atoms with Crippen LogP contribution >= 0.6 is 22.6 Å². The summed E-state index contributed by atoms with van der Waals surface area (Å²) >= 11 is 1.81. The summed E-state index contributed by atoms with van der Waals surface area (Å²) in [7, 11) is 0. The van der Waals surface area contributed by atoms with Gasteiger partial charge in [-0.15, -0.1) is 0 Å². The number of halogens is 4. The van der Waals surface area contributed by atoms with Crippen molar-refractivity contribution in [1.29, 1.82) is 0 Å². The highest BCUT2D eigenvalue weighted by Crippen LogP contribution is 2.33. The quantitative estimate of drug-likeness (QED) is 0.573. The highest BCUT2D eigenvalue weighted by Gasteiger charge is 2.33. The summed E-state index contributed by atoms with van der Waals surface area (Å²) in [5.41, 5.74) is -0.301. The number of nitrogens with zero attached hydrogens (tertiary/aromatic N) is 1. The average Bonchev–Trinajstić information content (AvgIpc) is 2.02. The summed E-state index contributed by atoms with van der Waals surface area (Å²) in [4.78, 5) is 3.81. The van der Waals surface area contributed by atoms with E-state index in [0.29, 0.717) is 10.1 Å². The second-order valence-corrected chi connectivity index (χ2v) is 3.50. The first-order valence-electron chi connectivity index (χ1n) is 3.67. The molecule has 1 aromatic heterocycles. The van der Waals surface area contributed by atoms with Crippen LogP contribution < -0.4 is 0 Å². The molecule has 0 unspecified atom stereocenters. The standard InChI is InChI=1S/C8H7F3IN/c1-2-5-6(8(9,10)11)3-4-13-7(5)12/h3-4H,2H2,1H3. The number of pyridine rings is 1. The van der Waals surface area contributed by atoms with E-state index >= 15 is 0 Å². The molecule has 0 radical (unpaired) electrons. The van der Waals surface area contributed by atoms with Gasteiger partial charge >= 0.3 is 6.18 Å². The highest BCUT2D eigenvalue weighted by molar-refractivity contribution is 14.1. The van der Waals surface area contributed by atoms with Gasteiger partial charge in [-0.2, -0.15) is 13.2 Å². The topological polar surface area (TPSA) is 12.9 Å². The first-order valence-corrected chi connectivity index (χ1v) is 4.75. The number of alkyl halides is 3. The zero-order chi connectivity index (χ0) is 10.1. The average molecular weight is 301 g/mol. The van der Waals surface area contributed by atoms with Gasteiger partial charge in [-0.05, 0) is 40.6 Å². The summed E-state index contributed by atoms with van der Waals surface area (Å²) in [6.45, 7) is 1.69. The number of rotatable bonds is 1. The predicted octanol–water partition coefficient (Wildman–Crippen LogP) is 3.27. The monoisotopic (exact) mass is 301 g/mol. The lowest BCUT2D eigenvalue weighted by Gasteiger charge is -2.11. The van der Waals surface area contributed by atoms with E-state index in [1.54, 1.807) is 6.92 Å². The normalized spacial score (nSPS) is 11.8. The molecular weight excluding hydrogens is 294 g/mol. The Morgan fingerprint density at radius 2 is 2.08 bits per heavy atom. The Labute approximate surface area is 87.5 Å². The first kappa shape index (κ1) is 10.7. The van der Waals surface area contributed by atoms with Crippen molar-refractivity contribution in [1.82, 2.24) is 4.98 Å². The van der Waals surface area contributed by atoms with E-state index in [4.69, 9.17) is 0 Å². The number of hydrogen-bond donors (Lipinski definition) is 0. The fourth-order valence-corrected chi connectivity index (χ4v) is 1.90. The predicted molar refractivity (Wildman–Crippen MR) is 51.3 cm³/mol. The maximum Gasteiger partial charge on any atom is 0.416 e. The lowest BCUT2D eigenvalue weighted by Crippen LogP contribution is -2.10. The molecule has 0 atom stereocenters. The fraction of sp³-hybridized carbons (Fsp3) is 0.375. The SMILES string of the molecule is CCc1c(C(F)(F)F)ccnc1I. The van der Waals surface area contributed by atoms with E-state index in [2.05, 4.69) is 4.98 Å². The van der Waals surface area contributed by atoms with E-state index in [1.165, 1.54) is 6.20 Å². The largest absolute Gasteiger partial charge is 0.416 e. The Balaban J connectivity index is 3.29. The summed E-state index contributed by atoms with van der Waals surface area (Å²) in [6.07, 6.45) is -2.74. The molecule has 0 saturated carbocycles. The minimum Gasteiger partial charge on any atom is -0.250 e. The maximum atomic E-state index is 12.4. The fourth-order valence-electron chi connectivity index (χ4n) is 1.07. The van der Waals surface area contributed by atoms with Crippen LogP contribution in [0.1, 0.15) is 18.1 Å². The van der Waals surface area contributed by atoms with Crippen LogP contribution in [0.25, 0.3) is 0 Å². The van der Waals surface area contributed by atoms with Gasteiger partial charge in [0.05, 0.1) is 5.56 Å². The summed E-state index contributed by atoms with van der Waals surface area (Å²) in [6, 6.07) is 1.01. The zero-order valence-electron chi connectivity index (χ0n) is 6.82. The maximum absolute atomic E-state index is 12.4. The molecule has 0 amide bonds. The summed E-state index contributed by atoms with van der Waals surface area (Å²) < 4.78 is 37.6. The molecule has 0 N–H and O–H groups in total. The van der Waals surface area contributed by atoms with Gasteiger partial charge in [-0.1, -0.05) is 6.92 Å². The first-order chi connectivity index (χ1) is 5.96. The zero-order valence-corrected chi connectivity index (χ0v) is 8.98. The van der Waals surface area contributed by atoms with Crippen LogP contribution in [-0.4, -0.2) is 4.98 Å². The Hall–Kier alpha value is -0.330. The molecule has 1 rings (SSSR count). The van der Waals surface area contributed by atoms with Crippen molar-refractivity contribution in [3.8, 4) is 0 Å². The van der Waals surface area contributed by atoms with Crippen LogP contribution in [0.2, 0.25) is 0 Å². The Kier molecular flexibility index (Phi) is 3.15.